The number of fused-ring (bicyclic) bond motifs is 1. The molecule has 2 heterocycles. The fourth-order valence-electron chi connectivity index (χ4n) is 4.26. The number of carbonyl (C=O) groups excluding carboxylic acids is 4. The first-order valence-corrected chi connectivity index (χ1v) is 10.8. The van der Waals surface area contributed by atoms with Crippen molar-refractivity contribution in [3.05, 3.63) is 70.8 Å². The molecule has 2 aromatic rings. The number of hydrogen-bond donors (Lipinski definition) is 3. The average molecular weight is 434 g/mol. The summed E-state index contributed by atoms with van der Waals surface area (Å²) in [6.07, 6.45) is 2.00. The van der Waals surface area contributed by atoms with Crippen LogP contribution in [0.15, 0.2) is 48.5 Å². The van der Waals surface area contributed by atoms with Crippen LogP contribution in [0.5, 0.6) is 0 Å². The lowest BCUT2D eigenvalue weighted by atomic mass is 10.0. The molecule has 2 aliphatic heterocycles. The van der Waals surface area contributed by atoms with Gasteiger partial charge in [-0.2, -0.15) is 0 Å². The zero-order chi connectivity index (χ0) is 22.7. The van der Waals surface area contributed by atoms with E-state index in [2.05, 4.69) is 22.8 Å². The molecule has 2 aliphatic rings. The summed E-state index contributed by atoms with van der Waals surface area (Å²) in [5.41, 5.74) is 8.30. The van der Waals surface area contributed by atoms with Gasteiger partial charge in [0.05, 0.1) is 11.1 Å². The Bertz CT molecular complexity index is 1050. The Balaban J connectivity index is 1.49. The normalized spacial score (nSPS) is 19.2. The van der Waals surface area contributed by atoms with Crippen molar-refractivity contribution in [3.8, 4) is 0 Å². The average Bonchev–Trinajstić information content (AvgIpc) is 3.04. The van der Waals surface area contributed by atoms with Gasteiger partial charge in [0.25, 0.3) is 11.8 Å². The molecule has 32 heavy (non-hydrogen) atoms. The molecule has 1 fully saturated rings. The van der Waals surface area contributed by atoms with Crippen molar-refractivity contribution in [1.29, 1.82) is 0 Å². The van der Waals surface area contributed by atoms with Gasteiger partial charge in [-0.3, -0.25) is 29.4 Å². The molecule has 0 bridgehead atoms. The van der Waals surface area contributed by atoms with Gasteiger partial charge in [-0.05, 0) is 49.1 Å². The highest BCUT2D eigenvalue weighted by Gasteiger charge is 2.44. The van der Waals surface area contributed by atoms with Crippen LogP contribution in [0, 0.1) is 0 Å². The van der Waals surface area contributed by atoms with Gasteiger partial charge in [-0.25, -0.2) is 0 Å². The van der Waals surface area contributed by atoms with Crippen LogP contribution >= 0.6 is 0 Å². The zero-order valence-electron chi connectivity index (χ0n) is 17.7. The summed E-state index contributed by atoms with van der Waals surface area (Å²) in [6.45, 7) is 1.12. The lowest BCUT2D eigenvalue weighted by Gasteiger charge is -2.27. The fraction of sp³-hybridized carbons (Fsp3) is 0.333. The Kier molecular flexibility index (Phi) is 6.43. The minimum absolute atomic E-state index is 0.0999. The number of benzene rings is 2. The van der Waals surface area contributed by atoms with Crippen LogP contribution in [-0.4, -0.2) is 41.1 Å². The summed E-state index contributed by atoms with van der Waals surface area (Å²) >= 11 is 0. The van der Waals surface area contributed by atoms with Crippen LogP contribution in [0.3, 0.4) is 0 Å². The summed E-state index contributed by atoms with van der Waals surface area (Å²) in [6, 6.07) is 14.4. The summed E-state index contributed by atoms with van der Waals surface area (Å²) < 4.78 is 0. The summed E-state index contributed by atoms with van der Waals surface area (Å²) in [4.78, 5) is 50.4. The van der Waals surface area contributed by atoms with E-state index in [1.54, 1.807) is 12.1 Å². The fourth-order valence-corrected chi connectivity index (χ4v) is 4.26. The molecule has 0 radical (unpaired) electrons. The molecule has 2 unspecified atom stereocenters. The summed E-state index contributed by atoms with van der Waals surface area (Å²) in [7, 11) is 0. The quantitative estimate of drug-likeness (QED) is 0.543. The smallest absolute Gasteiger partial charge is 0.262 e. The van der Waals surface area contributed by atoms with Gasteiger partial charge in [-0.15, -0.1) is 0 Å². The lowest BCUT2D eigenvalue weighted by molar-refractivity contribution is -0.136. The van der Waals surface area contributed by atoms with Crippen molar-refractivity contribution in [2.24, 2.45) is 5.73 Å². The predicted octanol–water partition coefficient (Wildman–Crippen LogP) is 1.66. The third kappa shape index (κ3) is 4.32. The van der Waals surface area contributed by atoms with Gasteiger partial charge in [0.15, 0.2) is 0 Å². The second-order valence-electron chi connectivity index (χ2n) is 8.10. The van der Waals surface area contributed by atoms with E-state index in [0.29, 0.717) is 13.1 Å². The summed E-state index contributed by atoms with van der Waals surface area (Å²) in [5.74, 6) is -1.99. The Labute approximate surface area is 186 Å². The van der Waals surface area contributed by atoms with Crippen LogP contribution in [0.4, 0.5) is 0 Å². The van der Waals surface area contributed by atoms with Crippen molar-refractivity contribution in [2.45, 2.75) is 44.3 Å². The van der Waals surface area contributed by atoms with E-state index in [1.165, 1.54) is 0 Å². The Morgan fingerprint density at radius 3 is 2.50 bits per heavy atom. The molecule has 2 aromatic carbocycles. The van der Waals surface area contributed by atoms with E-state index in [1.807, 2.05) is 24.3 Å². The number of hydrogen-bond acceptors (Lipinski definition) is 6. The lowest BCUT2D eigenvalue weighted by Crippen LogP contribution is -2.54. The number of imide groups is 2. The Hall–Kier alpha value is -3.36. The van der Waals surface area contributed by atoms with Crippen molar-refractivity contribution >= 4 is 23.6 Å². The van der Waals surface area contributed by atoms with E-state index in [0.717, 1.165) is 28.9 Å². The SMILES string of the molecule is NCCCC(NCc1ccc2c(c1)C(=O)N(C1CCC(=O)NC1=O)C2=O)c1ccccc1. The molecule has 8 nitrogen and oxygen atoms in total. The van der Waals surface area contributed by atoms with Gasteiger partial charge < -0.3 is 11.1 Å². The molecular formula is C24H26N4O4. The minimum Gasteiger partial charge on any atom is -0.330 e. The molecule has 166 valence electrons. The first-order valence-electron chi connectivity index (χ1n) is 10.8. The van der Waals surface area contributed by atoms with Gasteiger partial charge in [0.1, 0.15) is 6.04 Å². The van der Waals surface area contributed by atoms with Gasteiger partial charge in [0.2, 0.25) is 11.8 Å². The number of nitrogens with one attached hydrogen (secondary N) is 2. The maximum absolute atomic E-state index is 13.0. The van der Waals surface area contributed by atoms with E-state index in [-0.39, 0.29) is 35.9 Å². The van der Waals surface area contributed by atoms with Crippen LogP contribution in [0.1, 0.15) is 63.6 Å². The number of rotatable bonds is 8. The minimum atomic E-state index is -0.958. The number of piperidine rings is 1. The molecule has 4 rings (SSSR count). The topological polar surface area (TPSA) is 122 Å². The van der Waals surface area contributed by atoms with Crippen molar-refractivity contribution < 1.29 is 19.2 Å². The molecule has 8 heteroatoms. The third-order valence-corrected chi connectivity index (χ3v) is 5.96. The molecule has 0 aliphatic carbocycles. The molecule has 4 amide bonds. The van der Waals surface area contributed by atoms with Gasteiger partial charge >= 0.3 is 0 Å². The maximum atomic E-state index is 13.0. The molecule has 4 N–H and O–H groups in total. The van der Waals surface area contributed by atoms with Gasteiger partial charge in [-0.1, -0.05) is 36.4 Å². The Morgan fingerprint density at radius 2 is 1.78 bits per heavy atom. The predicted molar refractivity (Wildman–Crippen MR) is 117 cm³/mol. The molecule has 2 atom stereocenters. The first-order chi connectivity index (χ1) is 15.5. The monoisotopic (exact) mass is 434 g/mol. The van der Waals surface area contributed by atoms with E-state index in [4.69, 9.17) is 5.73 Å². The van der Waals surface area contributed by atoms with Crippen LogP contribution < -0.4 is 16.4 Å². The van der Waals surface area contributed by atoms with Crippen molar-refractivity contribution in [2.75, 3.05) is 6.54 Å². The zero-order valence-corrected chi connectivity index (χ0v) is 17.7. The highest BCUT2D eigenvalue weighted by Crippen LogP contribution is 2.28. The van der Waals surface area contributed by atoms with Crippen LogP contribution in [-0.2, 0) is 16.1 Å². The number of amides is 4. The van der Waals surface area contributed by atoms with E-state index in [9.17, 15) is 19.2 Å². The number of nitrogens with two attached hydrogens (primary N) is 1. The molecular weight excluding hydrogens is 408 g/mol. The highest BCUT2D eigenvalue weighted by atomic mass is 16.2. The van der Waals surface area contributed by atoms with E-state index >= 15 is 0 Å². The second-order valence-corrected chi connectivity index (χ2v) is 8.10. The standard InChI is InChI=1S/C24H26N4O4/c25-12-4-7-19(16-5-2-1-3-6-16)26-14-15-8-9-17-18(13-15)24(32)28(23(17)31)20-10-11-21(29)27-22(20)30/h1-3,5-6,8-9,13,19-20,26H,4,7,10-12,14,25H2,(H,27,29,30). The number of carbonyl (C=O) groups is 4. The molecule has 0 spiro atoms. The highest BCUT2D eigenvalue weighted by molar-refractivity contribution is 6.23. The maximum Gasteiger partial charge on any atom is 0.262 e. The second kappa shape index (κ2) is 9.42. The largest absolute Gasteiger partial charge is 0.330 e. The molecule has 1 saturated heterocycles. The van der Waals surface area contributed by atoms with Gasteiger partial charge in [0, 0.05) is 19.0 Å². The molecule has 0 aromatic heterocycles. The van der Waals surface area contributed by atoms with Crippen LogP contribution in [0.25, 0.3) is 0 Å². The van der Waals surface area contributed by atoms with Crippen molar-refractivity contribution in [3.63, 3.8) is 0 Å². The summed E-state index contributed by atoms with van der Waals surface area (Å²) in [5, 5.41) is 5.73. The third-order valence-electron chi connectivity index (χ3n) is 5.96. The molecule has 0 saturated carbocycles. The van der Waals surface area contributed by atoms with Crippen molar-refractivity contribution in [1.82, 2.24) is 15.5 Å². The number of nitrogens with zero attached hydrogens (tertiary/aromatic N) is 1. The Morgan fingerprint density at radius 1 is 1.03 bits per heavy atom. The van der Waals surface area contributed by atoms with Crippen LogP contribution in [0.2, 0.25) is 0 Å². The van der Waals surface area contributed by atoms with E-state index < -0.39 is 23.8 Å². The first kappa shape index (κ1) is 21.9.